The minimum Gasteiger partial charge on any atom is -0.478 e. The fourth-order valence-electron chi connectivity index (χ4n) is 2.18. The van der Waals surface area contributed by atoms with Crippen molar-refractivity contribution in [3.63, 3.8) is 0 Å². The fourth-order valence-corrected chi connectivity index (χ4v) is 2.18. The lowest BCUT2D eigenvalue weighted by molar-refractivity contribution is 0.0697. The molecule has 7 nitrogen and oxygen atoms in total. The molecule has 0 fully saturated rings. The molecule has 0 spiro atoms. The van der Waals surface area contributed by atoms with Crippen molar-refractivity contribution < 1.29 is 9.90 Å². The highest BCUT2D eigenvalue weighted by molar-refractivity contribution is 5.88. The zero-order valence-electron chi connectivity index (χ0n) is 12.7. The molecular formula is C16H15N5O2. The molecule has 2 N–H and O–H groups in total. The molecule has 0 aliphatic heterocycles. The maximum absolute atomic E-state index is 10.9. The molecular weight excluding hydrogens is 294 g/mol. The van der Waals surface area contributed by atoms with Crippen LogP contribution in [0.15, 0.2) is 42.9 Å². The summed E-state index contributed by atoms with van der Waals surface area (Å²) in [5.74, 6) is -0.490. The van der Waals surface area contributed by atoms with Crippen LogP contribution >= 0.6 is 0 Å². The highest BCUT2D eigenvalue weighted by Gasteiger charge is 2.09. The van der Waals surface area contributed by atoms with Crippen molar-refractivity contribution in [1.82, 2.24) is 19.7 Å². The van der Waals surface area contributed by atoms with Crippen LogP contribution in [0.25, 0.3) is 11.3 Å². The smallest absolute Gasteiger partial charge is 0.335 e. The first-order chi connectivity index (χ1) is 11.0. The van der Waals surface area contributed by atoms with Gasteiger partial charge in [0.25, 0.3) is 0 Å². The van der Waals surface area contributed by atoms with Crippen molar-refractivity contribution in [1.29, 1.82) is 0 Å². The van der Waals surface area contributed by atoms with Crippen LogP contribution in [-0.2, 0) is 7.05 Å². The van der Waals surface area contributed by atoms with E-state index in [-0.39, 0.29) is 5.56 Å². The first-order valence-corrected chi connectivity index (χ1v) is 6.96. The van der Waals surface area contributed by atoms with Crippen LogP contribution < -0.4 is 5.32 Å². The number of nitrogens with one attached hydrogen (secondary N) is 1. The lowest BCUT2D eigenvalue weighted by Crippen LogP contribution is -2.00. The Morgan fingerprint density at radius 3 is 2.57 bits per heavy atom. The van der Waals surface area contributed by atoms with Crippen molar-refractivity contribution in [2.45, 2.75) is 6.92 Å². The van der Waals surface area contributed by atoms with Crippen molar-refractivity contribution in [3.8, 4) is 11.3 Å². The van der Waals surface area contributed by atoms with Crippen molar-refractivity contribution >= 4 is 17.6 Å². The van der Waals surface area contributed by atoms with Gasteiger partial charge in [-0.15, -0.1) is 0 Å². The van der Waals surface area contributed by atoms with Gasteiger partial charge in [0.05, 0.1) is 23.1 Å². The molecule has 7 heteroatoms. The lowest BCUT2D eigenvalue weighted by Gasteiger charge is -2.08. The maximum Gasteiger partial charge on any atom is 0.335 e. The number of aryl methyl sites for hydroxylation is 2. The van der Waals surface area contributed by atoms with Crippen LogP contribution in [0, 0.1) is 6.92 Å². The second kappa shape index (κ2) is 5.88. The first-order valence-electron chi connectivity index (χ1n) is 6.96. The zero-order valence-corrected chi connectivity index (χ0v) is 12.7. The molecule has 0 saturated heterocycles. The monoisotopic (exact) mass is 309 g/mol. The maximum atomic E-state index is 10.9. The summed E-state index contributed by atoms with van der Waals surface area (Å²) in [6.07, 6.45) is 5.24. The molecule has 0 radical (unpaired) electrons. The van der Waals surface area contributed by atoms with Gasteiger partial charge in [-0.25, -0.2) is 14.8 Å². The van der Waals surface area contributed by atoms with Crippen LogP contribution in [0.1, 0.15) is 15.9 Å². The third-order valence-corrected chi connectivity index (χ3v) is 3.34. The minimum atomic E-state index is -0.949. The van der Waals surface area contributed by atoms with E-state index in [1.807, 2.05) is 20.2 Å². The van der Waals surface area contributed by atoms with Crippen LogP contribution in [0.5, 0.6) is 0 Å². The third-order valence-electron chi connectivity index (χ3n) is 3.34. The van der Waals surface area contributed by atoms with E-state index >= 15 is 0 Å². The number of hydrogen-bond donors (Lipinski definition) is 2. The zero-order chi connectivity index (χ0) is 16.4. The summed E-state index contributed by atoms with van der Waals surface area (Å²) in [5.41, 5.74) is 3.54. The summed E-state index contributed by atoms with van der Waals surface area (Å²) < 4.78 is 1.68. The molecule has 0 saturated carbocycles. The Kier molecular flexibility index (Phi) is 3.76. The van der Waals surface area contributed by atoms with E-state index in [2.05, 4.69) is 20.4 Å². The number of carboxylic acids is 1. The predicted octanol–water partition coefficient (Wildman–Crippen LogP) is 2.63. The van der Waals surface area contributed by atoms with E-state index in [4.69, 9.17) is 5.11 Å². The normalized spacial score (nSPS) is 10.5. The van der Waals surface area contributed by atoms with E-state index in [0.29, 0.717) is 5.95 Å². The SMILES string of the molecule is Cc1cnc(Nc2cnn(C)c2)nc1-c1ccc(C(=O)O)cc1. The number of carboxylic acid groups (broad SMARTS) is 1. The van der Waals surface area contributed by atoms with Crippen LogP contribution in [0.2, 0.25) is 0 Å². The standard InChI is InChI=1S/C16H15N5O2/c1-10-7-17-16(19-13-8-18-21(2)9-13)20-14(10)11-3-5-12(6-4-11)15(22)23/h3-9H,1-2H3,(H,22,23)(H,17,19,20). The highest BCUT2D eigenvalue weighted by Crippen LogP contribution is 2.23. The number of benzene rings is 1. The Balaban J connectivity index is 1.92. The Morgan fingerprint density at radius 1 is 1.22 bits per heavy atom. The van der Waals surface area contributed by atoms with E-state index in [9.17, 15) is 4.79 Å². The average molecular weight is 309 g/mol. The van der Waals surface area contributed by atoms with Crippen molar-refractivity contribution in [2.24, 2.45) is 7.05 Å². The number of rotatable bonds is 4. The first kappa shape index (κ1) is 14.7. The number of aromatic carboxylic acids is 1. The summed E-state index contributed by atoms with van der Waals surface area (Å²) in [4.78, 5) is 19.7. The molecule has 0 amide bonds. The van der Waals surface area contributed by atoms with Gasteiger partial charge in [-0.2, -0.15) is 5.10 Å². The Hall–Kier alpha value is -3.22. The number of carbonyl (C=O) groups is 1. The molecule has 1 aromatic carbocycles. The van der Waals surface area contributed by atoms with Crippen LogP contribution in [0.4, 0.5) is 11.6 Å². The summed E-state index contributed by atoms with van der Waals surface area (Å²) in [6.45, 7) is 1.91. The largest absolute Gasteiger partial charge is 0.478 e. The van der Waals surface area contributed by atoms with Gasteiger partial charge in [0.1, 0.15) is 0 Å². The second-order valence-corrected chi connectivity index (χ2v) is 5.14. The molecule has 3 rings (SSSR count). The summed E-state index contributed by atoms with van der Waals surface area (Å²) in [5, 5.41) is 16.1. The molecule has 23 heavy (non-hydrogen) atoms. The minimum absolute atomic E-state index is 0.245. The van der Waals surface area contributed by atoms with E-state index in [1.165, 1.54) is 0 Å². The summed E-state index contributed by atoms with van der Waals surface area (Å²) in [7, 11) is 1.83. The molecule has 0 aliphatic carbocycles. The molecule has 0 unspecified atom stereocenters. The van der Waals surface area contributed by atoms with E-state index < -0.39 is 5.97 Å². The van der Waals surface area contributed by atoms with Crippen LogP contribution in [-0.4, -0.2) is 30.8 Å². The fraction of sp³-hybridized carbons (Fsp3) is 0.125. The van der Waals surface area contributed by atoms with Gasteiger partial charge in [0.2, 0.25) is 5.95 Å². The number of anilines is 2. The second-order valence-electron chi connectivity index (χ2n) is 5.14. The summed E-state index contributed by atoms with van der Waals surface area (Å²) >= 11 is 0. The van der Waals surface area contributed by atoms with Gasteiger partial charge in [-0.1, -0.05) is 12.1 Å². The van der Waals surface area contributed by atoms with Gasteiger partial charge in [-0.3, -0.25) is 4.68 Å². The molecule has 3 aromatic rings. The molecule has 0 aliphatic rings. The third kappa shape index (κ3) is 3.18. The summed E-state index contributed by atoms with van der Waals surface area (Å²) in [6, 6.07) is 6.61. The van der Waals surface area contributed by atoms with Gasteiger partial charge in [0, 0.05) is 25.0 Å². The Bertz CT molecular complexity index is 855. The number of hydrogen-bond acceptors (Lipinski definition) is 5. The van der Waals surface area contributed by atoms with Gasteiger partial charge in [-0.05, 0) is 24.6 Å². The van der Waals surface area contributed by atoms with E-state index in [1.54, 1.807) is 41.3 Å². The quantitative estimate of drug-likeness (QED) is 0.769. The molecule has 0 bridgehead atoms. The van der Waals surface area contributed by atoms with Gasteiger partial charge >= 0.3 is 5.97 Å². The topological polar surface area (TPSA) is 92.9 Å². The van der Waals surface area contributed by atoms with Gasteiger partial charge < -0.3 is 10.4 Å². The number of nitrogens with zero attached hydrogens (tertiary/aromatic N) is 4. The molecule has 2 aromatic heterocycles. The highest BCUT2D eigenvalue weighted by atomic mass is 16.4. The van der Waals surface area contributed by atoms with E-state index in [0.717, 1.165) is 22.5 Å². The van der Waals surface area contributed by atoms with Crippen LogP contribution in [0.3, 0.4) is 0 Å². The Morgan fingerprint density at radius 2 is 1.96 bits per heavy atom. The molecule has 0 atom stereocenters. The van der Waals surface area contributed by atoms with Crippen molar-refractivity contribution in [2.75, 3.05) is 5.32 Å². The van der Waals surface area contributed by atoms with Crippen molar-refractivity contribution in [3.05, 3.63) is 54.0 Å². The molecule has 116 valence electrons. The molecule has 2 heterocycles. The van der Waals surface area contributed by atoms with Gasteiger partial charge in [0.15, 0.2) is 0 Å². The number of aromatic nitrogens is 4. The average Bonchev–Trinajstić information content (AvgIpc) is 2.94. The lowest BCUT2D eigenvalue weighted by atomic mass is 10.1. The predicted molar refractivity (Wildman–Crippen MR) is 85.7 cm³/mol. The Labute approximate surface area is 132 Å².